The quantitative estimate of drug-likeness (QED) is 0.147. The smallest absolute Gasteiger partial charge is 0.0679 e. The molecule has 0 amide bonds. The maximum Gasteiger partial charge on any atom is 0.0722 e. The number of fused-ring (bicyclic) bond motifs is 2. The van der Waals surface area contributed by atoms with Crippen molar-refractivity contribution in [2.45, 2.75) is 143 Å². The molecule has 63 heavy (non-hydrogen) atoms. The van der Waals surface area contributed by atoms with Crippen LogP contribution >= 0.6 is 0 Å². The van der Waals surface area contributed by atoms with Gasteiger partial charge in [-0.1, -0.05) is 241 Å². The Bertz CT molecular complexity index is 2550. The Kier molecular flexibility index (Phi) is 11.1. The molecule has 0 bridgehead atoms. The molecule has 0 heterocycles. The van der Waals surface area contributed by atoms with Gasteiger partial charge in [0.2, 0.25) is 0 Å². The van der Waals surface area contributed by atoms with Crippen LogP contribution in [0.1, 0.15) is 153 Å². The second-order valence-electron chi connectivity index (χ2n) is 23.7. The van der Waals surface area contributed by atoms with Crippen molar-refractivity contribution in [1.29, 1.82) is 0 Å². The molecule has 2 aliphatic carbocycles. The lowest BCUT2D eigenvalue weighted by Gasteiger charge is -2.40. The van der Waals surface area contributed by atoms with Gasteiger partial charge < -0.3 is 0 Å². The van der Waals surface area contributed by atoms with Gasteiger partial charge in [0.25, 0.3) is 0 Å². The van der Waals surface area contributed by atoms with Gasteiger partial charge in [-0.2, -0.15) is 0 Å². The third-order valence-electron chi connectivity index (χ3n) is 14.5. The second-order valence-corrected chi connectivity index (χ2v) is 28.5. The Balaban J connectivity index is 1.33. The first-order valence-corrected chi connectivity index (χ1v) is 26.6. The topological polar surface area (TPSA) is 0 Å². The molecule has 8 rings (SSSR count). The molecule has 0 aliphatic heterocycles. The zero-order valence-corrected chi connectivity index (χ0v) is 42.4. The fourth-order valence-corrected chi connectivity index (χ4v) is 15.9. The largest absolute Gasteiger partial charge is 0.0722 e. The van der Waals surface area contributed by atoms with E-state index in [1.807, 2.05) is 0 Å². The van der Waals surface area contributed by atoms with E-state index >= 15 is 0 Å². The van der Waals surface area contributed by atoms with Crippen molar-refractivity contribution in [1.82, 2.24) is 0 Å². The standard InChI is InChI=1S/C62H72Si/c1-39-37-53-49(41-17-25-45(26-18-41)59(3,4)5)33-35-51(43-21-29-47(30-22-43)61(9,10)11)55(53)57(39)63(15,16)58-40(2)38-54-50(42-19-27-46(28-20-42)60(6,7)8)34-36-52(56(54)58)44-23-31-48(32-24-44)62(12,13)14/h17-38,57-58H,1-16H3. The summed E-state index contributed by atoms with van der Waals surface area (Å²) in [4.78, 5) is 0. The van der Waals surface area contributed by atoms with Crippen molar-refractivity contribution in [2.24, 2.45) is 0 Å². The predicted octanol–water partition coefficient (Wildman–Crippen LogP) is 18.0. The van der Waals surface area contributed by atoms with E-state index in [4.69, 9.17) is 0 Å². The lowest BCUT2D eigenvalue weighted by molar-refractivity contribution is 0.590. The monoisotopic (exact) mass is 845 g/mol. The summed E-state index contributed by atoms with van der Waals surface area (Å²) in [5.74, 6) is 0. The molecule has 2 atom stereocenters. The highest BCUT2D eigenvalue weighted by molar-refractivity contribution is 6.82. The summed E-state index contributed by atoms with van der Waals surface area (Å²) in [6.45, 7) is 38.0. The van der Waals surface area contributed by atoms with Crippen LogP contribution in [-0.4, -0.2) is 8.07 Å². The Morgan fingerprint density at radius 2 is 0.540 bits per heavy atom. The minimum absolute atomic E-state index is 0.0944. The van der Waals surface area contributed by atoms with E-state index in [2.05, 4.69) is 244 Å². The SMILES string of the molecule is CC1=Cc2c(-c3ccc(C(C)(C)C)cc3)ccc(-c3ccc(C(C)(C)C)cc3)c2C1[Si](C)(C)C1C(C)=Cc2c(-c3ccc(C(C)(C)C)cc3)ccc(-c3ccc(C(C)(C)C)cc3)c21. The molecule has 2 aliphatic rings. The fourth-order valence-electron chi connectivity index (χ4n) is 11.0. The van der Waals surface area contributed by atoms with Gasteiger partial charge in [-0.25, -0.2) is 0 Å². The van der Waals surface area contributed by atoms with E-state index in [0.717, 1.165) is 0 Å². The number of benzene rings is 6. The summed E-state index contributed by atoms with van der Waals surface area (Å²) < 4.78 is 0. The van der Waals surface area contributed by atoms with Gasteiger partial charge >= 0.3 is 0 Å². The Morgan fingerprint density at radius 3 is 0.778 bits per heavy atom. The third kappa shape index (κ3) is 8.21. The van der Waals surface area contributed by atoms with Crippen LogP contribution in [0, 0.1) is 0 Å². The summed E-state index contributed by atoms with van der Waals surface area (Å²) in [6, 6.07) is 47.5. The third-order valence-corrected chi connectivity index (χ3v) is 19.0. The second kappa shape index (κ2) is 15.6. The van der Waals surface area contributed by atoms with Crippen molar-refractivity contribution in [3.8, 4) is 44.5 Å². The maximum atomic E-state index is 2.70. The van der Waals surface area contributed by atoms with Crippen LogP contribution < -0.4 is 0 Å². The van der Waals surface area contributed by atoms with Gasteiger partial charge in [-0.15, -0.1) is 0 Å². The summed E-state index contributed by atoms with van der Waals surface area (Å²) in [6.07, 6.45) is 5.14. The molecular formula is C62H72Si. The number of hydrogen-bond acceptors (Lipinski definition) is 0. The van der Waals surface area contributed by atoms with Crippen molar-refractivity contribution in [3.05, 3.63) is 177 Å². The van der Waals surface area contributed by atoms with E-state index in [-0.39, 0.29) is 21.7 Å². The molecule has 6 aromatic rings. The normalized spacial score (nSPS) is 16.8. The first kappa shape index (κ1) is 44.6. The molecule has 324 valence electrons. The summed E-state index contributed by atoms with van der Waals surface area (Å²) in [7, 11) is -2.33. The van der Waals surface area contributed by atoms with Gasteiger partial charge in [0.1, 0.15) is 0 Å². The van der Waals surface area contributed by atoms with Crippen LogP contribution in [0.4, 0.5) is 0 Å². The zero-order chi connectivity index (χ0) is 45.6. The van der Waals surface area contributed by atoms with E-state index in [0.29, 0.717) is 11.1 Å². The molecule has 0 saturated carbocycles. The van der Waals surface area contributed by atoms with Crippen molar-refractivity contribution >= 4 is 20.2 Å². The Morgan fingerprint density at radius 1 is 0.317 bits per heavy atom. The van der Waals surface area contributed by atoms with Crippen LogP contribution in [0.3, 0.4) is 0 Å². The molecule has 1 heteroatoms. The van der Waals surface area contributed by atoms with Crippen LogP contribution in [0.15, 0.2) is 132 Å². The predicted molar refractivity (Wildman–Crippen MR) is 280 cm³/mol. The fraction of sp³-hybridized carbons (Fsp3) is 0.355. The molecule has 6 aromatic carbocycles. The molecule has 0 nitrogen and oxygen atoms in total. The van der Waals surface area contributed by atoms with Gasteiger partial charge in [0.05, 0.1) is 8.07 Å². The average Bonchev–Trinajstić information content (AvgIpc) is 3.76. The molecule has 0 spiro atoms. The van der Waals surface area contributed by atoms with Gasteiger partial charge in [0, 0.05) is 11.1 Å². The molecule has 0 saturated heterocycles. The highest BCUT2D eigenvalue weighted by atomic mass is 28.3. The van der Waals surface area contributed by atoms with Crippen LogP contribution in [0.2, 0.25) is 13.1 Å². The number of hydrogen-bond donors (Lipinski definition) is 0. The molecule has 0 fully saturated rings. The van der Waals surface area contributed by atoms with E-state index in [1.165, 1.54) is 100 Å². The van der Waals surface area contributed by atoms with E-state index < -0.39 is 8.07 Å². The molecule has 2 unspecified atom stereocenters. The van der Waals surface area contributed by atoms with Crippen LogP contribution in [0.25, 0.3) is 56.7 Å². The minimum Gasteiger partial charge on any atom is -0.0679 e. The molecule has 0 radical (unpaired) electrons. The van der Waals surface area contributed by atoms with Crippen molar-refractivity contribution in [3.63, 3.8) is 0 Å². The zero-order valence-electron chi connectivity index (χ0n) is 41.4. The van der Waals surface area contributed by atoms with Gasteiger partial charge in [-0.3, -0.25) is 0 Å². The summed E-state index contributed by atoms with van der Waals surface area (Å²) >= 11 is 0. The Labute approximate surface area is 382 Å². The minimum atomic E-state index is -2.33. The van der Waals surface area contributed by atoms with Crippen molar-refractivity contribution < 1.29 is 0 Å². The lowest BCUT2D eigenvalue weighted by atomic mass is 9.84. The first-order chi connectivity index (χ1) is 29.4. The van der Waals surface area contributed by atoms with E-state index in [9.17, 15) is 0 Å². The molecular weight excluding hydrogens is 773 g/mol. The maximum absolute atomic E-state index is 2.70. The Hall–Kier alpha value is -4.98. The lowest BCUT2D eigenvalue weighted by Crippen LogP contribution is -2.42. The van der Waals surface area contributed by atoms with Crippen molar-refractivity contribution in [2.75, 3.05) is 0 Å². The highest BCUT2D eigenvalue weighted by Gasteiger charge is 2.49. The van der Waals surface area contributed by atoms with E-state index in [1.54, 1.807) is 0 Å². The van der Waals surface area contributed by atoms with Gasteiger partial charge in [-0.05, 0) is 125 Å². The molecule has 0 aromatic heterocycles. The first-order valence-electron chi connectivity index (χ1n) is 23.5. The van der Waals surface area contributed by atoms with Gasteiger partial charge in [0.15, 0.2) is 0 Å². The van der Waals surface area contributed by atoms with Crippen LogP contribution in [0.5, 0.6) is 0 Å². The highest BCUT2D eigenvalue weighted by Crippen LogP contribution is 2.58. The molecule has 0 N–H and O–H groups in total. The summed E-state index contributed by atoms with van der Waals surface area (Å²) in [5.41, 5.74) is 26.0. The van der Waals surface area contributed by atoms with Crippen LogP contribution in [-0.2, 0) is 21.7 Å². The number of allylic oxidation sites excluding steroid dienone is 2. The number of rotatable bonds is 6. The summed E-state index contributed by atoms with van der Waals surface area (Å²) in [5, 5.41) is 0. The average molecular weight is 845 g/mol.